The van der Waals surface area contributed by atoms with Crippen LogP contribution >= 0.6 is 0 Å². The first-order chi connectivity index (χ1) is 8.72. The number of hydrogen-bond acceptors (Lipinski definition) is 2. The van der Waals surface area contributed by atoms with E-state index in [0.717, 1.165) is 25.7 Å². The predicted octanol–water partition coefficient (Wildman–Crippen LogP) is 3.58. The van der Waals surface area contributed by atoms with Gasteiger partial charge in [-0.05, 0) is 12.0 Å². The van der Waals surface area contributed by atoms with Gasteiger partial charge in [-0.2, -0.15) is 5.26 Å². The van der Waals surface area contributed by atoms with Crippen molar-refractivity contribution in [2.75, 3.05) is 0 Å². The monoisotopic (exact) mass is 245 g/mol. The fraction of sp³-hybridized carbons (Fsp3) is 0.467. The molecule has 2 nitrogen and oxygen atoms in total. The number of carbonyl (C=O) groups is 1. The highest BCUT2D eigenvalue weighted by Gasteiger charge is 2.26. The van der Waals surface area contributed by atoms with Gasteiger partial charge in [-0.3, -0.25) is 4.79 Å². The van der Waals surface area contributed by atoms with Crippen LogP contribution in [0.2, 0.25) is 0 Å². The average molecular weight is 245 g/mol. The molecule has 1 fully saturated rings. The Balaban J connectivity index is 2.11. The third kappa shape index (κ3) is 2.76. The number of nitriles is 1. The third-order valence-corrected chi connectivity index (χ3v) is 3.63. The number of Topliss-reactive ketones (excluding diaryl/α,β-unsaturated/α-hetero) is 1. The van der Waals surface area contributed by atoms with Crippen LogP contribution in [-0.4, -0.2) is 5.78 Å². The van der Waals surface area contributed by atoms with E-state index in [-0.39, 0.29) is 11.3 Å². The van der Waals surface area contributed by atoms with Crippen LogP contribution in [0.4, 0.5) is 4.39 Å². The van der Waals surface area contributed by atoms with Crippen LogP contribution < -0.4 is 0 Å². The van der Waals surface area contributed by atoms with Crippen molar-refractivity contribution in [1.82, 2.24) is 0 Å². The summed E-state index contributed by atoms with van der Waals surface area (Å²) < 4.78 is 13.6. The van der Waals surface area contributed by atoms with Gasteiger partial charge in [0.25, 0.3) is 0 Å². The SMILES string of the molecule is N#CC(C(=O)CC1CCCC1)c1ccccc1F. The number of carbonyl (C=O) groups excluding carboxylic acids is 1. The quantitative estimate of drug-likeness (QED) is 0.813. The second-order valence-corrected chi connectivity index (χ2v) is 4.90. The number of hydrogen-bond donors (Lipinski definition) is 0. The molecule has 1 saturated carbocycles. The van der Waals surface area contributed by atoms with E-state index >= 15 is 0 Å². The number of benzene rings is 1. The first-order valence-corrected chi connectivity index (χ1v) is 6.39. The Morgan fingerprint density at radius 1 is 1.39 bits per heavy atom. The van der Waals surface area contributed by atoms with Crippen LogP contribution in [0.25, 0.3) is 0 Å². The maximum absolute atomic E-state index is 13.6. The van der Waals surface area contributed by atoms with Crippen molar-refractivity contribution in [2.24, 2.45) is 5.92 Å². The molecule has 1 aromatic carbocycles. The summed E-state index contributed by atoms with van der Waals surface area (Å²) in [6, 6.07) is 7.98. The minimum absolute atomic E-state index is 0.144. The molecule has 0 amide bonds. The second kappa shape index (κ2) is 5.77. The van der Waals surface area contributed by atoms with Crippen LogP contribution in [0.5, 0.6) is 0 Å². The Morgan fingerprint density at radius 3 is 2.67 bits per heavy atom. The zero-order valence-corrected chi connectivity index (χ0v) is 10.2. The fourth-order valence-electron chi connectivity index (χ4n) is 2.64. The fourth-order valence-corrected chi connectivity index (χ4v) is 2.64. The van der Waals surface area contributed by atoms with Gasteiger partial charge >= 0.3 is 0 Å². The minimum Gasteiger partial charge on any atom is -0.298 e. The van der Waals surface area contributed by atoms with E-state index < -0.39 is 11.7 Å². The maximum atomic E-state index is 13.6. The maximum Gasteiger partial charge on any atom is 0.154 e. The Hall–Kier alpha value is -1.69. The van der Waals surface area contributed by atoms with Crippen LogP contribution in [0, 0.1) is 23.1 Å². The summed E-state index contributed by atoms with van der Waals surface area (Å²) in [6.07, 6.45) is 4.85. The first-order valence-electron chi connectivity index (χ1n) is 6.39. The zero-order valence-electron chi connectivity index (χ0n) is 10.2. The van der Waals surface area contributed by atoms with Crippen molar-refractivity contribution in [3.63, 3.8) is 0 Å². The lowest BCUT2D eigenvalue weighted by Gasteiger charge is -2.12. The highest BCUT2D eigenvalue weighted by Crippen LogP contribution is 2.30. The average Bonchev–Trinajstić information content (AvgIpc) is 2.85. The minimum atomic E-state index is -0.952. The summed E-state index contributed by atoms with van der Waals surface area (Å²) in [5, 5.41) is 9.11. The molecular weight excluding hydrogens is 229 g/mol. The second-order valence-electron chi connectivity index (χ2n) is 4.90. The van der Waals surface area contributed by atoms with E-state index in [1.165, 1.54) is 12.1 Å². The molecule has 0 saturated heterocycles. The topological polar surface area (TPSA) is 40.9 Å². The normalized spacial score (nSPS) is 17.3. The summed E-state index contributed by atoms with van der Waals surface area (Å²) in [6.45, 7) is 0. The molecule has 2 rings (SSSR count). The van der Waals surface area contributed by atoms with Gasteiger partial charge in [0.2, 0.25) is 0 Å². The Bertz CT molecular complexity index is 472. The molecule has 0 bridgehead atoms. The van der Waals surface area contributed by atoms with Gasteiger partial charge in [-0.15, -0.1) is 0 Å². The lowest BCUT2D eigenvalue weighted by atomic mass is 9.89. The van der Waals surface area contributed by atoms with E-state index in [1.807, 2.05) is 6.07 Å². The van der Waals surface area contributed by atoms with Crippen molar-refractivity contribution in [3.05, 3.63) is 35.6 Å². The summed E-state index contributed by atoms with van der Waals surface area (Å²) in [4.78, 5) is 12.1. The lowest BCUT2D eigenvalue weighted by molar-refractivity contribution is -0.120. The van der Waals surface area contributed by atoms with Gasteiger partial charge in [0.15, 0.2) is 5.78 Å². The molecule has 1 aliphatic carbocycles. The van der Waals surface area contributed by atoms with Gasteiger partial charge in [0.1, 0.15) is 11.7 Å². The summed E-state index contributed by atoms with van der Waals surface area (Å²) in [5.41, 5.74) is 0.211. The van der Waals surface area contributed by atoms with E-state index in [9.17, 15) is 9.18 Å². The lowest BCUT2D eigenvalue weighted by Crippen LogP contribution is -2.15. The van der Waals surface area contributed by atoms with E-state index in [0.29, 0.717) is 12.3 Å². The molecule has 1 unspecified atom stereocenters. The van der Waals surface area contributed by atoms with Crippen LogP contribution in [0.1, 0.15) is 43.6 Å². The Labute approximate surface area is 106 Å². The molecule has 1 aliphatic rings. The predicted molar refractivity (Wildman–Crippen MR) is 66.3 cm³/mol. The molecular formula is C15H16FNO. The van der Waals surface area contributed by atoms with Crippen molar-refractivity contribution >= 4 is 5.78 Å². The van der Waals surface area contributed by atoms with Crippen LogP contribution in [0.3, 0.4) is 0 Å². The number of halogens is 1. The summed E-state index contributed by atoms with van der Waals surface area (Å²) >= 11 is 0. The molecule has 94 valence electrons. The highest BCUT2D eigenvalue weighted by molar-refractivity contribution is 5.88. The van der Waals surface area contributed by atoms with Crippen LogP contribution in [-0.2, 0) is 4.79 Å². The van der Waals surface area contributed by atoms with Gasteiger partial charge in [0.05, 0.1) is 6.07 Å². The molecule has 0 N–H and O–H groups in total. The summed E-state index contributed by atoms with van der Waals surface area (Å²) in [7, 11) is 0. The van der Waals surface area contributed by atoms with E-state index in [4.69, 9.17) is 5.26 Å². The van der Waals surface area contributed by atoms with E-state index in [2.05, 4.69) is 0 Å². The van der Waals surface area contributed by atoms with Gasteiger partial charge in [-0.1, -0.05) is 43.9 Å². The molecule has 1 atom stereocenters. The van der Waals surface area contributed by atoms with Crippen LogP contribution in [0.15, 0.2) is 24.3 Å². The molecule has 0 spiro atoms. The Kier molecular flexibility index (Phi) is 4.09. The van der Waals surface area contributed by atoms with Crippen molar-refractivity contribution in [1.29, 1.82) is 5.26 Å². The van der Waals surface area contributed by atoms with Crippen molar-refractivity contribution < 1.29 is 9.18 Å². The number of nitrogens with zero attached hydrogens (tertiary/aromatic N) is 1. The van der Waals surface area contributed by atoms with Gasteiger partial charge in [0, 0.05) is 12.0 Å². The molecule has 0 aromatic heterocycles. The van der Waals surface area contributed by atoms with Crippen molar-refractivity contribution in [2.45, 2.75) is 38.0 Å². The molecule has 0 heterocycles. The molecule has 1 aromatic rings. The smallest absolute Gasteiger partial charge is 0.154 e. The van der Waals surface area contributed by atoms with E-state index in [1.54, 1.807) is 12.1 Å². The first kappa shape index (κ1) is 12.8. The largest absolute Gasteiger partial charge is 0.298 e. The molecule has 3 heteroatoms. The van der Waals surface area contributed by atoms with Gasteiger partial charge in [-0.25, -0.2) is 4.39 Å². The highest BCUT2D eigenvalue weighted by atomic mass is 19.1. The standard InChI is InChI=1S/C15H16FNO/c16-14-8-4-3-7-12(14)13(10-17)15(18)9-11-5-1-2-6-11/h3-4,7-8,11,13H,1-2,5-6,9H2. The van der Waals surface area contributed by atoms with Gasteiger partial charge < -0.3 is 0 Å². The zero-order chi connectivity index (χ0) is 13.0. The van der Waals surface area contributed by atoms with Crippen molar-refractivity contribution in [3.8, 4) is 6.07 Å². The third-order valence-electron chi connectivity index (χ3n) is 3.63. The number of ketones is 1. The summed E-state index contributed by atoms with van der Waals surface area (Å²) in [5.74, 6) is -1.18. The molecule has 0 aliphatic heterocycles. The number of rotatable bonds is 4. The molecule has 0 radical (unpaired) electrons. The molecule has 18 heavy (non-hydrogen) atoms. The Morgan fingerprint density at radius 2 is 2.06 bits per heavy atom.